The van der Waals surface area contributed by atoms with Crippen molar-refractivity contribution in [1.82, 2.24) is 0 Å². The molecule has 29 heavy (non-hydrogen) atoms. The lowest BCUT2D eigenvalue weighted by atomic mass is 9.87. The van der Waals surface area contributed by atoms with Crippen LogP contribution in [0.15, 0.2) is 30.4 Å². The van der Waals surface area contributed by atoms with E-state index in [9.17, 15) is 14.4 Å². The molecule has 0 aromatic heterocycles. The predicted molar refractivity (Wildman–Crippen MR) is 109 cm³/mol. The number of anilines is 1. The van der Waals surface area contributed by atoms with Gasteiger partial charge in [-0.1, -0.05) is 31.6 Å². The standard InChI is InChI=1S/C22H29NO6/c1-8-9-12-23-17-11-10-14(2)13-16(17)22(19(23)25,15(3)18(24)27-7)29-20(26)28-21(4,5)6/h10-11,13H,3,8-9,12H2,1-2,4-7H3. The number of rotatable bonds is 6. The highest BCUT2D eigenvalue weighted by molar-refractivity contribution is 6.14. The van der Waals surface area contributed by atoms with Crippen LogP contribution in [-0.4, -0.2) is 37.3 Å². The fraction of sp³-hybridized carbons (Fsp3) is 0.500. The Hall–Kier alpha value is -2.83. The lowest BCUT2D eigenvalue weighted by Crippen LogP contribution is -2.47. The molecule has 0 radical (unpaired) electrons. The van der Waals surface area contributed by atoms with Crippen molar-refractivity contribution in [1.29, 1.82) is 0 Å². The summed E-state index contributed by atoms with van der Waals surface area (Å²) >= 11 is 0. The molecule has 7 nitrogen and oxygen atoms in total. The molecular weight excluding hydrogens is 374 g/mol. The van der Waals surface area contributed by atoms with Gasteiger partial charge in [-0.15, -0.1) is 0 Å². The van der Waals surface area contributed by atoms with Gasteiger partial charge in [0.25, 0.3) is 11.5 Å². The molecule has 1 aromatic rings. The van der Waals surface area contributed by atoms with Crippen LogP contribution in [-0.2, 0) is 29.4 Å². The lowest BCUT2D eigenvalue weighted by molar-refractivity contribution is -0.147. The predicted octanol–water partition coefficient (Wildman–Crippen LogP) is 4.02. The third-order valence-electron chi connectivity index (χ3n) is 4.59. The Kier molecular flexibility index (Phi) is 6.40. The maximum atomic E-state index is 13.6. The fourth-order valence-corrected chi connectivity index (χ4v) is 3.23. The van der Waals surface area contributed by atoms with Crippen LogP contribution < -0.4 is 4.90 Å². The number of aryl methyl sites for hydroxylation is 1. The van der Waals surface area contributed by atoms with E-state index in [0.29, 0.717) is 17.8 Å². The maximum absolute atomic E-state index is 13.6. The zero-order valence-corrected chi connectivity index (χ0v) is 18.0. The van der Waals surface area contributed by atoms with Crippen LogP contribution in [0.1, 0.15) is 51.7 Å². The van der Waals surface area contributed by atoms with Crippen LogP contribution in [0, 0.1) is 6.92 Å². The molecule has 2 rings (SSSR count). The minimum Gasteiger partial charge on any atom is -0.466 e. The number of fused-ring (bicyclic) bond motifs is 1. The first-order valence-electron chi connectivity index (χ1n) is 9.60. The Bertz CT molecular complexity index is 838. The molecule has 0 fully saturated rings. The van der Waals surface area contributed by atoms with Gasteiger partial charge in [0, 0.05) is 12.1 Å². The highest BCUT2D eigenvalue weighted by Gasteiger charge is 2.59. The smallest absolute Gasteiger partial charge is 0.466 e. The average molecular weight is 403 g/mol. The first-order chi connectivity index (χ1) is 13.5. The van der Waals surface area contributed by atoms with E-state index in [-0.39, 0.29) is 5.57 Å². The number of ether oxygens (including phenoxy) is 3. The van der Waals surface area contributed by atoms with Gasteiger partial charge in [-0.3, -0.25) is 4.79 Å². The number of esters is 1. The summed E-state index contributed by atoms with van der Waals surface area (Å²) in [6, 6.07) is 5.36. The van der Waals surface area contributed by atoms with E-state index in [1.165, 1.54) is 12.0 Å². The third kappa shape index (κ3) is 4.28. The number of unbranched alkanes of at least 4 members (excludes halogenated alkanes) is 1. The Morgan fingerprint density at radius 1 is 1.24 bits per heavy atom. The summed E-state index contributed by atoms with van der Waals surface area (Å²) in [5.41, 5.74) is -1.37. The molecule has 0 spiro atoms. The van der Waals surface area contributed by atoms with Crippen LogP contribution in [0.5, 0.6) is 0 Å². The zero-order chi connectivity index (χ0) is 22.0. The normalized spacial score (nSPS) is 18.3. The molecule has 0 bridgehead atoms. The molecule has 7 heteroatoms. The van der Waals surface area contributed by atoms with E-state index < -0.39 is 29.2 Å². The van der Waals surface area contributed by atoms with Crippen molar-refractivity contribution in [3.05, 3.63) is 41.5 Å². The number of methoxy groups -OCH3 is 1. The van der Waals surface area contributed by atoms with E-state index >= 15 is 0 Å². The largest absolute Gasteiger partial charge is 0.510 e. The molecule has 1 aliphatic rings. The van der Waals surface area contributed by atoms with Crippen LogP contribution in [0.3, 0.4) is 0 Å². The molecule has 0 N–H and O–H groups in total. The Labute approximate surface area is 171 Å². The Balaban J connectivity index is 2.66. The van der Waals surface area contributed by atoms with Crippen LogP contribution in [0.25, 0.3) is 0 Å². The molecule has 1 heterocycles. The number of benzene rings is 1. The fourth-order valence-electron chi connectivity index (χ4n) is 3.23. The highest BCUT2D eigenvalue weighted by atomic mass is 16.7. The summed E-state index contributed by atoms with van der Waals surface area (Å²) in [6.45, 7) is 13.1. The molecule has 1 aliphatic heterocycles. The minimum absolute atomic E-state index is 0.276. The van der Waals surface area contributed by atoms with Crippen molar-refractivity contribution in [3.63, 3.8) is 0 Å². The van der Waals surface area contributed by atoms with Gasteiger partial charge in [0.05, 0.1) is 18.4 Å². The van der Waals surface area contributed by atoms with Gasteiger partial charge in [-0.25, -0.2) is 9.59 Å². The first-order valence-corrected chi connectivity index (χ1v) is 9.60. The van der Waals surface area contributed by atoms with Gasteiger partial charge in [-0.2, -0.15) is 0 Å². The van der Waals surface area contributed by atoms with Crippen molar-refractivity contribution in [2.75, 3.05) is 18.6 Å². The number of nitrogens with zero attached hydrogens (tertiary/aromatic N) is 1. The molecule has 0 saturated carbocycles. The summed E-state index contributed by atoms with van der Waals surface area (Å²) in [4.78, 5) is 40.1. The summed E-state index contributed by atoms with van der Waals surface area (Å²) in [6.07, 6.45) is 0.537. The lowest BCUT2D eigenvalue weighted by Gasteiger charge is -2.30. The van der Waals surface area contributed by atoms with E-state index in [4.69, 9.17) is 14.2 Å². The van der Waals surface area contributed by atoms with Crippen molar-refractivity contribution in [2.24, 2.45) is 0 Å². The van der Waals surface area contributed by atoms with Crippen LogP contribution >= 0.6 is 0 Å². The van der Waals surface area contributed by atoms with E-state index in [1.807, 2.05) is 19.9 Å². The zero-order valence-electron chi connectivity index (χ0n) is 18.0. The second-order valence-corrected chi connectivity index (χ2v) is 8.05. The molecular formula is C22H29NO6. The molecule has 1 atom stereocenters. The van der Waals surface area contributed by atoms with Gasteiger partial charge in [0.15, 0.2) is 0 Å². The van der Waals surface area contributed by atoms with Crippen molar-refractivity contribution in [2.45, 2.75) is 58.7 Å². The molecule has 0 aliphatic carbocycles. The van der Waals surface area contributed by atoms with Gasteiger partial charge < -0.3 is 19.1 Å². The summed E-state index contributed by atoms with van der Waals surface area (Å²) in [5, 5.41) is 0. The van der Waals surface area contributed by atoms with E-state index in [1.54, 1.807) is 32.9 Å². The number of hydrogen-bond acceptors (Lipinski definition) is 6. The topological polar surface area (TPSA) is 82.1 Å². The van der Waals surface area contributed by atoms with Crippen molar-refractivity contribution < 1.29 is 28.6 Å². The number of carbonyl (C=O) groups is 3. The highest BCUT2D eigenvalue weighted by Crippen LogP contribution is 2.48. The SMILES string of the molecule is C=C(C(=O)OC)C1(OC(=O)OC(C)(C)C)C(=O)N(CCCC)c2ccc(C)cc21. The molecule has 1 amide bonds. The quantitative estimate of drug-likeness (QED) is 0.527. The molecule has 158 valence electrons. The van der Waals surface area contributed by atoms with Crippen LogP contribution in [0.4, 0.5) is 10.5 Å². The van der Waals surface area contributed by atoms with E-state index in [0.717, 1.165) is 18.4 Å². The second-order valence-electron chi connectivity index (χ2n) is 8.05. The third-order valence-corrected chi connectivity index (χ3v) is 4.59. The number of amides is 1. The first kappa shape index (κ1) is 22.5. The van der Waals surface area contributed by atoms with Gasteiger partial charge in [0.1, 0.15) is 5.60 Å². The minimum atomic E-state index is -2.04. The number of carbonyl (C=O) groups excluding carboxylic acids is 3. The van der Waals surface area contributed by atoms with E-state index in [2.05, 4.69) is 6.58 Å². The van der Waals surface area contributed by atoms with Crippen molar-refractivity contribution in [3.8, 4) is 0 Å². The average Bonchev–Trinajstić information content (AvgIpc) is 2.85. The molecule has 1 unspecified atom stereocenters. The van der Waals surface area contributed by atoms with Gasteiger partial charge in [-0.05, 0) is 46.2 Å². The van der Waals surface area contributed by atoms with Crippen LogP contribution in [0.2, 0.25) is 0 Å². The molecule has 0 saturated heterocycles. The monoisotopic (exact) mass is 403 g/mol. The summed E-state index contributed by atoms with van der Waals surface area (Å²) in [5.74, 6) is -1.40. The Morgan fingerprint density at radius 3 is 2.45 bits per heavy atom. The number of hydrogen-bond donors (Lipinski definition) is 0. The molecule has 1 aromatic carbocycles. The maximum Gasteiger partial charge on any atom is 0.510 e. The van der Waals surface area contributed by atoms with Crippen molar-refractivity contribution >= 4 is 23.7 Å². The van der Waals surface area contributed by atoms with Gasteiger partial charge >= 0.3 is 12.1 Å². The second kappa shape index (κ2) is 8.27. The summed E-state index contributed by atoms with van der Waals surface area (Å²) in [7, 11) is 1.18. The van der Waals surface area contributed by atoms with Gasteiger partial charge in [0.2, 0.25) is 0 Å². The Morgan fingerprint density at radius 2 is 1.90 bits per heavy atom. The summed E-state index contributed by atoms with van der Waals surface area (Å²) < 4.78 is 15.7.